The number of benzene rings is 1. The van der Waals surface area contributed by atoms with E-state index in [2.05, 4.69) is 5.32 Å². The smallest absolute Gasteiger partial charge is 0.151 e. The normalized spacial score (nSPS) is 24.6. The first kappa shape index (κ1) is 12.5. The van der Waals surface area contributed by atoms with Gasteiger partial charge in [-0.2, -0.15) is 0 Å². The SMILES string of the molecule is O=S1(=O)CCC(NCC(O)c2ccccc2)C1. The highest BCUT2D eigenvalue weighted by Gasteiger charge is 2.27. The van der Waals surface area contributed by atoms with Crippen LogP contribution in [-0.2, 0) is 9.84 Å². The van der Waals surface area contributed by atoms with E-state index in [0.717, 1.165) is 5.56 Å². The molecule has 2 unspecified atom stereocenters. The Bertz CT molecular complexity index is 458. The number of rotatable bonds is 4. The second-order valence-electron chi connectivity index (χ2n) is 4.43. The largest absolute Gasteiger partial charge is 0.387 e. The van der Waals surface area contributed by atoms with Crippen LogP contribution in [0.4, 0.5) is 0 Å². The van der Waals surface area contributed by atoms with Crippen LogP contribution in [0.5, 0.6) is 0 Å². The average molecular weight is 255 g/mol. The van der Waals surface area contributed by atoms with Gasteiger partial charge in [-0.3, -0.25) is 0 Å². The number of aliphatic hydroxyl groups is 1. The molecule has 1 aliphatic rings. The Kier molecular flexibility index (Phi) is 3.81. The molecule has 0 saturated carbocycles. The van der Waals surface area contributed by atoms with Crippen molar-refractivity contribution < 1.29 is 13.5 Å². The van der Waals surface area contributed by atoms with E-state index in [0.29, 0.717) is 13.0 Å². The van der Waals surface area contributed by atoms with Gasteiger partial charge in [-0.15, -0.1) is 0 Å². The van der Waals surface area contributed by atoms with Crippen molar-refractivity contribution in [3.05, 3.63) is 35.9 Å². The van der Waals surface area contributed by atoms with Gasteiger partial charge in [-0.25, -0.2) is 8.42 Å². The monoisotopic (exact) mass is 255 g/mol. The van der Waals surface area contributed by atoms with Gasteiger partial charge in [0.1, 0.15) is 0 Å². The second kappa shape index (κ2) is 5.16. The summed E-state index contributed by atoms with van der Waals surface area (Å²) in [5.74, 6) is 0.445. The maximum atomic E-state index is 11.3. The first-order valence-electron chi connectivity index (χ1n) is 5.74. The van der Waals surface area contributed by atoms with Crippen LogP contribution in [0.1, 0.15) is 18.1 Å². The fourth-order valence-electron chi connectivity index (χ4n) is 2.03. The molecule has 2 rings (SSSR count). The maximum Gasteiger partial charge on any atom is 0.151 e. The zero-order valence-electron chi connectivity index (χ0n) is 9.54. The maximum absolute atomic E-state index is 11.3. The third-order valence-electron chi connectivity index (χ3n) is 3.02. The van der Waals surface area contributed by atoms with Gasteiger partial charge in [0.2, 0.25) is 0 Å². The van der Waals surface area contributed by atoms with E-state index in [9.17, 15) is 13.5 Å². The Labute approximate surface area is 102 Å². The molecule has 0 spiro atoms. The lowest BCUT2D eigenvalue weighted by atomic mass is 10.1. The summed E-state index contributed by atoms with van der Waals surface area (Å²) in [4.78, 5) is 0. The molecule has 2 N–H and O–H groups in total. The van der Waals surface area contributed by atoms with Gasteiger partial charge in [0, 0.05) is 12.6 Å². The molecule has 1 fully saturated rings. The van der Waals surface area contributed by atoms with Gasteiger partial charge in [0.15, 0.2) is 9.84 Å². The van der Waals surface area contributed by atoms with Crippen LogP contribution in [0, 0.1) is 0 Å². The minimum atomic E-state index is -2.85. The highest BCUT2D eigenvalue weighted by atomic mass is 32.2. The quantitative estimate of drug-likeness (QED) is 0.822. The molecule has 0 amide bonds. The molecule has 1 aliphatic heterocycles. The van der Waals surface area contributed by atoms with Crippen molar-refractivity contribution in [2.45, 2.75) is 18.6 Å². The molecule has 0 aliphatic carbocycles. The van der Waals surface area contributed by atoms with Gasteiger partial charge < -0.3 is 10.4 Å². The Morgan fingerprint density at radius 2 is 2.06 bits per heavy atom. The Hall–Kier alpha value is -0.910. The minimum Gasteiger partial charge on any atom is -0.387 e. The van der Waals surface area contributed by atoms with E-state index in [1.807, 2.05) is 30.3 Å². The summed E-state index contributed by atoms with van der Waals surface area (Å²) in [5, 5.41) is 13.0. The predicted molar refractivity (Wildman–Crippen MR) is 66.5 cm³/mol. The summed E-state index contributed by atoms with van der Waals surface area (Å²) in [6, 6.07) is 9.35. The Balaban J connectivity index is 1.83. The molecule has 0 aromatic heterocycles. The van der Waals surface area contributed by atoms with Crippen molar-refractivity contribution in [1.29, 1.82) is 0 Å². The summed E-state index contributed by atoms with van der Waals surface area (Å²) in [5.41, 5.74) is 0.848. The molecular formula is C12H17NO3S. The Morgan fingerprint density at radius 1 is 1.35 bits per heavy atom. The molecule has 94 valence electrons. The summed E-state index contributed by atoms with van der Waals surface area (Å²) >= 11 is 0. The van der Waals surface area contributed by atoms with Crippen LogP contribution in [0.2, 0.25) is 0 Å². The van der Waals surface area contributed by atoms with Crippen molar-refractivity contribution in [3.63, 3.8) is 0 Å². The van der Waals surface area contributed by atoms with E-state index >= 15 is 0 Å². The van der Waals surface area contributed by atoms with Crippen molar-refractivity contribution in [1.82, 2.24) is 5.32 Å². The first-order chi connectivity index (χ1) is 8.07. The van der Waals surface area contributed by atoms with E-state index < -0.39 is 15.9 Å². The lowest BCUT2D eigenvalue weighted by molar-refractivity contribution is 0.171. The molecule has 5 heteroatoms. The first-order valence-corrected chi connectivity index (χ1v) is 7.56. The molecule has 2 atom stereocenters. The highest BCUT2D eigenvalue weighted by molar-refractivity contribution is 7.91. The second-order valence-corrected chi connectivity index (χ2v) is 6.66. The van der Waals surface area contributed by atoms with Crippen LogP contribution >= 0.6 is 0 Å². The van der Waals surface area contributed by atoms with Crippen molar-refractivity contribution in [3.8, 4) is 0 Å². The molecule has 1 aromatic rings. The molecule has 17 heavy (non-hydrogen) atoms. The highest BCUT2D eigenvalue weighted by Crippen LogP contribution is 2.14. The van der Waals surface area contributed by atoms with Gasteiger partial charge in [0.05, 0.1) is 17.6 Å². The lowest BCUT2D eigenvalue weighted by Crippen LogP contribution is -2.33. The molecular weight excluding hydrogens is 238 g/mol. The number of hydrogen-bond donors (Lipinski definition) is 2. The van der Waals surface area contributed by atoms with Gasteiger partial charge in [-0.1, -0.05) is 30.3 Å². The van der Waals surface area contributed by atoms with Gasteiger partial charge >= 0.3 is 0 Å². The molecule has 1 aromatic carbocycles. The van der Waals surface area contributed by atoms with E-state index in [1.165, 1.54) is 0 Å². The number of sulfone groups is 1. The molecule has 4 nitrogen and oxygen atoms in total. The van der Waals surface area contributed by atoms with Crippen molar-refractivity contribution in [2.24, 2.45) is 0 Å². The predicted octanol–water partition coefficient (Wildman–Crippen LogP) is 0.497. The topological polar surface area (TPSA) is 66.4 Å². The fourth-order valence-corrected chi connectivity index (χ4v) is 3.74. The number of nitrogens with one attached hydrogen (secondary N) is 1. The van der Waals surface area contributed by atoms with Gasteiger partial charge in [-0.05, 0) is 12.0 Å². The number of hydrogen-bond acceptors (Lipinski definition) is 4. The fraction of sp³-hybridized carbons (Fsp3) is 0.500. The summed E-state index contributed by atoms with van der Waals surface area (Å²) in [6.45, 7) is 0.393. The average Bonchev–Trinajstić information content (AvgIpc) is 2.67. The summed E-state index contributed by atoms with van der Waals surface area (Å²) in [7, 11) is -2.85. The summed E-state index contributed by atoms with van der Waals surface area (Å²) in [6.07, 6.45) is 0.0589. The molecule has 0 radical (unpaired) electrons. The summed E-state index contributed by atoms with van der Waals surface area (Å²) < 4.78 is 22.5. The van der Waals surface area contributed by atoms with Crippen LogP contribution in [0.15, 0.2) is 30.3 Å². The zero-order valence-corrected chi connectivity index (χ0v) is 10.4. The molecule has 1 heterocycles. The lowest BCUT2D eigenvalue weighted by Gasteiger charge is -2.15. The van der Waals surface area contributed by atoms with Crippen molar-refractivity contribution in [2.75, 3.05) is 18.1 Å². The molecule has 1 saturated heterocycles. The molecule has 0 bridgehead atoms. The van der Waals surface area contributed by atoms with E-state index in [-0.39, 0.29) is 17.5 Å². The van der Waals surface area contributed by atoms with Gasteiger partial charge in [0.25, 0.3) is 0 Å². The van der Waals surface area contributed by atoms with E-state index in [1.54, 1.807) is 0 Å². The van der Waals surface area contributed by atoms with Crippen LogP contribution in [0.3, 0.4) is 0 Å². The minimum absolute atomic E-state index is 0.0154. The number of aliphatic hydroxyl groups excluding tert-OH is 1. The van der Waals surface area contributed by atoms with Crippen molar-refractivity contribution >= 4 is 9.84 Å². The van der Waals surface area contributed by atoms with E-state index in [4.69, 9.17) is 0 Å². The Morgan fingerprint density at radius 3 is 2.65 bits per heavy atom. The third kappa shape index (κ3) is 3.52. The van der Waals surface area contributed by atoms with Crippen LogP contribution in [-0.4, -0.2) is 37.6 Å². The van der Waals surface area contributed by atoms with Crippen LogP contribution < -0.4 is 5.32 Å². The standard InChI is InChI=1S/C12H17NO3S/c14-12(10-4-2-1-3-5-10)8-13-11-6-7-17(15,16)9-11/h1-5,11-14H,6-9H2. The zero-order chi connectivity index (χ0) is 12.3. The third-order valence-corrected chi connectivity index (χ3v) is 4.78. The van der Waals surface area contributed by atoms with Crippen LogP contribution in [0.25, 0.3) is 0 Å².